The largest absolute Gasteiger partial charge is 1.00 e. The van der Waals surface area contributed by atoms with Crippen molar-refractivity contribution < 1.29 is 42.5 Å². The number of fused-ring (bicyclic) bond motifs is 1. The van der Waals surface area contributed by atoms with Crippen molar-refractivity contribution in [1.29, 1.82) is 0 Å². The maximum absolute atomic E-state index is 11.3. The van der Waals surface area contributed by atoms with Gasteiger partial charge in [-0.3, -0.25) is 0 Å². The predicted molar refractivity (Wildman–Crippen MR) is 74.3 cm³/mol. The van der Waals surface area contributed by atoms with Gasteiger partial charge in [-0.25, -0.2) is 8.42 Å². The Morgan fingerprint density at radius 3 is 2.30 bits per heavy atom. The molecule has 102 valence electrons. The fourth-order valence-electron chi connectivity index (χ4n) is 2.34. The van der Waals surface area contributed by atoms with Crippen LogP contribution in [0.25, 0.3) is 11.1 Å². The van der Waals surface area contributed by atoms with Gasteiger partial charge in [0.2, 0.25) is 0 Å². The molecule has 0 fully saturated rings. The van der Waals surface area contributed by atoms with Crippen molar-refractivity contribution in [3.63, 3.8) is 0 Å². The third-order valence-corrected chi connectivity index (χ3v) is 4.15. The Kier molecular flexibility index (Phi) is 6.69. The van der Waals surface area contributed by atoms with Crippen molar-refractivity contribution in [3.8, 4) is 11.1 Å². The number of hydrogen-bond acceptors (Lipinski definition) is 3. The van der Waals surface area contributed by atoms with E-state index < -0.39 is 10.1 Å². The van der Waals surface area contributed by atoms with Crippen LogP contribution in [0.4, 0.5) is 0 Å². The monoisotopic (exact) mass is 300 g/mol. The van der Waals surface area contributed by atoms with Crippen LogP contribution in [0.15, 0.2) is 41.3 Å². The van der Waals surface area contributed by atoms with Gasteiger partial charge in [-0.2, -0.15) is 0 Å². The molecular formula is C15H17NaO3S. The second-order valence-electron chi connectivity index (χ2n) is 4.68. The average Bonchev–Trinajstić information content (AvgIpc) is 2.54. The van der Waals surface area contributed by atoms with Crippen molar-refractivity contribution in [2.24, 2.45) is 0 Å². The van der Waals surface area contributed by atoms with E-state index >= 15 is 0 Å². The Bertz CT molecular complexity index is 638. The van der Waals surface area contributed by atoms with Gasteiger partial charge in [0.1, 0.15) is 10.1 Å². The summed E-state index contributed by atoms with van der Waals surface area (Å²) in [5, 5.41) is 0. The second kappa shape index (κ2) is 7.57. The fourth-order valence-corrected chi connectivity index (χ4v) is 3.07. The zero-order valence-electron chi connectivity index (χ0n) is 11.9. The minimum absolute atomic E-state index is 0. The Labute approximate surface area is 142 Å². The first kappa shape index (κ1) is 17.7. The van der Waals surface area contributed by atoms with Crippen molar-refractivity contribution in [3.05, 3.63) is 42.0 Å². The third-order valence-electron chi connectivity index (χ3n) is 3.27. The summed E-state index contributed by atoms with van der Waals surface area (Å²) in [6.07, 6.45) is 4.03. The summed E-state index contributed by atoms with van der Waals surface area (Å²) in [5.74, 6) is 0. The third kappa shape index (κ3) is 4.06. The molecule has 2 rings (SSSR count). The molecule has 0 saturated carbocycles. The summed E-state index contributed by atoms with van der Waals surface area (Å²) in [6.45, 7) is 2.12. The van der Waals surface area contributed by atoms with Gasteiger partial charge in [0.05, 0.1) is 4.90 Å². The van der Waals surface area contributed by atoms with Gasteiger partial charge in [-0.15, -0.1) is 0 Å². The van der Waals surface area contributed by atoms with Crippen LogP contribution in [-0.2, 0) is 16.5 Å². The molecular weight excluding hydrogens is 283 g/mol. The van der Waals surface area contributed by atoms with Crippen molar-refractivity contribution in [2.45, 2.75) is 37.5 Å². The molecule has 3 nitrogen and oxygen atoms in total. The molecule has 0 unspecified atom stereocenters. The zero-order valence-corrected chi connectivity index (χ0v) is 14.7. The Balaban J connectivity index is 0.00000200. The van der Waals surface area contributed by atoms with E-state index in [-0.39, 0.29) is 34.5 Å². The normalized spacial score (nSPS) is 11.3. The maximum Gasteiger partial charge on any atom is 1.00 e. The van der Waals surface area contributed by atoms with E-state index in [9.17, 15) is 13.0 Å². The standard InChI is InChI=1S/C15H18O3S.Na/c1-2-3-5-8-12-11-15(19(16,17)18)14-10-7-4-6-9-13(12)14;/h4,6-7,9-11H,2-3,5,8H2,1H3,(H,16,17,18);/q;+1/p-1. The minimum Gasteiger partial charge on any atom is -0.744 e. The number of rotatable bonds is 5. The van der Waals surface area contributed by atoms with E-state index in [1.54, 1.807) is 18.2 Å². The molecule has 2 aliphatic rings. The predicted octanol–water partition coefficient (Wildman–Crippen LogP) is 0.432. The fraction of sp³-hybridized carbons (Fsp3) is 0.333. The van der Waals surface area contributed by atoms with Crippen molar-refractivity contribution in [1.82, 2.24) is 0 Å². The first-order chi connectivity index (χ1) is 9.04. The summed E-state index contributed by atoms with van der Waals surface area (Å²) in [6, 6.07) is 10.6. The molecule has 0 bridgehead atoms. The minimum atomic E-state index is -4.42. The Morgan fingerprint density at radius 1 is 1.05 bits per heavy atom. The van der Waals surface area contributed by atoms with E-state index in [1.807, 2.05) is 18.2 Å². The van der Waals surface area contributed by atoms with Crippen LogP contribution in [0.3, 0.4) is 0 Å². The van der Waals surface area contributed by atoms with Crippen LogP contribution < -0.4 is 29.6 Å². The van der Waals surface area contributed by atoms with Crippen LogP contribution in [-0.4, -0.2) is 13.0 Å². The van der Waals surface area contributed by atoms with Crippen LogP contribution in [0, 0.1) is 0 Å². The van der Waals surface area contributed by atoms with Crippen molar-refractivity contribution >= 4 is 10.1 Å². The van der Waals surface area contributed by atoms with Crippen LogP contribution in [0.1, 0.15) is 31.7 Å². The molecule has 0 amide bonds. The van der Waals surface area contributed by atoms with Gasteiger partial charge < -0.3 is 4.55 Å². The first-order valence-electron chi connectivity index (χ1n) is 6.50. The summed E-state index contributed by atoms with van der Waals surface area (Å²) in [5.41, 5.74) is 2.36. The molecule has 20 heavy (non-hydrogen) atoms. The van der Waals surface area contributed by atoms with Crippen molar-refractivity contribution in [2.75, 3.05) is 0 Å². The summed E-state index contributed by atoms with van der Waals surface area (Å²) in [4.78, 5) is -0.0924. The topological polar surface area (TPSA) is 57.2 Å². The molecule has 0 aromatic rings. The van der Waals surface area contributed by atoms with E-state index in [2.05, 4.69) is 6.92 Å². The summed E-state index contributed by atoms with van der Waals surface area (Å²) < 4.78 is 34.0. The summed E-state index contributed by atoms with van der Waals surface area (Å²) in [7, 11) is -4.42. The van der Waals surface area contributed by atoms with Gasteiger partial charge in [0, 0.05) is 0 Å². The SMILES string of the molecule is CCCCCc1cc(S(=O)(=O)[O-])c2cccccc1-2.[Na+]. The van der Waals surface area contributed by atoms with Gasteiger partial charge in [-0.1, -0.05) is 50.1 Å². The molecule has 0 radical (unpaired) electrons. The molecule has 0 heterocycles. The molecule has 0 spiro atoms. The Hall–Kier alpha value is -0.390. The molecule has 0 aromatic carbocycles. The summed E-state index contributed by atoms with van der Waals surface area (Å²) >= 11 is 0. The molecule has 0 saturated heterocycles. The maximum atomic E-state index is 11.3. The molecule has 0 N–H and O–H groups in total. The molecule has 0 aliphatic heterocycles. The first-order valence-corrected chi connectivity index (χ1v) is 7.91. The molecule has 5 heteroatoms. The van der Waals surface area contributed by atoms with Gasteiger partial charge in [0.15, 0.2) is 0 Å². The number of unbranched alkanes of at least 4 members (excludes halogenated alkanes) is 2. The molecule has 2 aliphatic carbocycles. The number of hydrogen-bond donors (Lipinski definition) is 0. The van der Waals surface area contributed by atoms with E-state index in [1.165, 1.54) is 0 Å². The zero-order chi connectivity index (χ0) is 13.9. The Morgan fingerprint density at radius 2 is 1.70 bits per heavy atom. The molecule has 0 aromatic heterocycles. The van der Waals surface area contributed by atoms with E-state index in [0.717, 1.165) is 36.8 Å². The van der Waals surface area contributed by atoms with Gasteiger partial charge in [-0.05, 0) is 35.6 Å². The molecule has 0 atom stereocenters. The number of aryl methyl sites for hydroxylation is 1. The van der Waals surface area contributed by atoms with Crippen LogP contribution in [0.2, 0.25) is 0 Å². The van der Waals surface area contributed by atoms with E-state index in [4.69, 9.17) is 0 Å². The van der Waals surface area contributed by atoms with Gasteiger partial charge in [0.25, 0.3) is 0 Å². The quantitative estimate of drug-likeness (QED) is 0.457. The van der Waals surface area contributed by atoms with Crippen LogP contribution in [0.5, 0.6) is 0 Å². The smallest absolute Gasteiger partial charge is 0.744 e. The second-order valence-corrected chi connectivity index (χ2v) is 6.03. The van der Waals surface area contributed by atoms with E-state index in [0.29, 0.717) is 5.56 Å². The average molecular weight is 300 g/mol. The van der Waals surface area contributed by atoms with Gasteiger partial charge >= 0.3 is 29.6 Å². The van der Waals surface area contributed by atoms with Crippen LogP contribution >= 0.6 is 0 Å².